The summed E-state index contributed by atoms with van der Waals surface area (Å²) in [5.41, 5.74) is 0. The van der Waals surface area contributed by atoms with Crippen LogP contribution in [0, 0.1) is 0 Å². The molecule has 0 radical (unpaired) electrons. The van der Waals surface area contributed by atoms with Crippen LogP contribution in [-0.2, 0) is 0 Å². The van der Waals surface area contributed by atoms with Crippen molar-refractivity contribution in [2.45, 2.75) is 72.6 Å². The van der Waals surface area contributed by atoms with Crippen LogP contribution in [0.3, 0.4) is 0 Å². The van der Waals surface area contributed by atoms with Gasteiger partial charge in [-0.2, -0.15) is 12.6 Å². The quantitative estimate of drug-likeness (QED) is 0.421. The number of hydrogen-bond acceptors (Lipinski definition) is 1. The summed E-state index contributed by atoms with van der Waals surface area (Å²) in [5, 5.41) is 0. The van der Waals surface area contributed by atoms with Crippen LogP contribution in [0.1, 0.15) is 59.3 Å². The second-order valence-corrected chi connectivity index (χ2v) is 12.6. The van der Waals surface area contributed by atoms with Crippen LogP contribution in [0.2, 0.25) is 13.3 Å². The van der Waals surface area contributed by atoms with Gasteiger partial charge in [-0.25, -0.2) is 0 Å². The summed E-state index contributed by atoms with van der Waals surface area (Å²) in [6, 6.07) is 0. The summed E-state index contributed by atoms with van der Waals surface area (Å²) < 4.78 is 5.04. The molecule has 0 rings (SSSR count). The van der Waals surface area contributed by atoms with E-state index in [1.54, 1.807) is 19.6 Å². The molecule has 0 saturated heterocycles. The minimum atomic E-state index is -0.839. The molecule has 0 aliphatic heterocycles. The molecule has 0 aliphatic rings. The van der Waals surface area contributed by atoms with Crippen molar-refractivity contribution in [3.63, 3.8) is 0 Å². The van der Waals surface area contributed by atoms with Gasteiger partial charge in [-0.1, -0.05) is 0 Å². The molecule has 0 heterocycles. The number of thiol groups is 1. The van der Waals surface area contributed by atoms with Crippen molar-refractivity contribution < 1.29 is 0 Å². The van der Waals surface area contributed by atoms with Gasteiger partial charge in [0.05, 0.1) is 0 Å². The molecule has 0 spiro atoms. The first-order valence-electron chi connectivity index (χ1n) is 6.63. The Hall–Kier alpha value is 1.15. The van der Waals surface area contributed by atoms with Crippen molar-refractivity contribution in [3.05, 3.63) is 0 Å². The zero-order valence-corrected chi connectivity index (χ0v) is 15.1. The SMILES string of the molecule is CCC[CH2][Sn+]([CH2]CCC)[CH2]CCC.CS. The van der Waals surface area contributed by atoms with Crippen molar-refractivity contribution in [1.29, 1.82) is 0 Å². The van der Waals surface area contributed by atoms with Crippen molar-refractivity contribution in [2.24, 2.45) is 0 Å². The number of rotatable bonds is 9. The molecular weight excluding hydrogens is 307 g/mol. The topological polar surface area (TPSA) is 0 Å². The van der Waals surface area contributed by atoms with E-state index in [0.717, 1.165) is 0 Å². The molecule has 0 saturated carbocycles. The predicted octanol–water partition coefficient (Wildman–Crippen LogP) is 5.43. The average Bonchev–Trinajstić information content (AvgIpc) is 2.31. The summed E-state index contributed by atoms with van der Waals surface area (Å²) in [5.74, 6) is 0. The maximum Gasteiger partial charge on any atom is -0.0215 e. The fourth-order valence-electron chi connectivity index (χ4n) is 1.66. The Labute approximate surface area is 111 Å². The molecule has 0 fully saturated rings. The maximum absolute atomic E-state index is 3.53. The van der Waals surface area contributed by atoms with Crippen molar-refractivity contribution in [1.82, 2.24) is 0 Å². The van der Waals surface area contributed by atoms with Gasteiger partial charge >= 0.3 is 92.4 Å². The predicted molar refractivity (Wildman–Crippen MR) is 79.8 cm³/mol. The van der Waals surface area contributed by atoms with Gasteiger partial charge in [0.15, 0.2) is 0 Å². The molecule has 0 aromatic heterocycles. The molecule has 2 heteroatoms. The van der Waals surface area contributed by atoms with Crippen molar-refractivity contribution >= 4 is 32.4 Å². The van der Waals surface area contributed by atoms with Gasteiger partial charge in [-0.3, -0.25) is 0 Å². The molecule has 0 bridgehead atoms. The average molecular weight is 338 g/mol. The first-order chi connectivity index (χ1) is 7.35. The van der Waals surface area contributed by atoms with Gasteiger partial charge in [0.25, 0.3) is 0 Å². The monoisotopic (exact) mass is 339 g/mol. The first kappa shape index (κ1) is 18.5. The van der Waals surface area contributed by atoms with E-state index in [1.165, 1.54) is 38.5 Å². The zero-order chi connectivity index (χ0) is 11.9. The molecule has 0 aromatic rings. The van der Waals surface area contributed by atoms with E-state index in [0.29, 0.717) is 0 Å². The molecule has 0 atom stereocenters. The standard InChI is InChI=1S/3C4H9.CH4S.Sn/c3*1-3-4-2;1-2;/h3*1,3-4H2,2H3;2H,1H3;/q;;;;+1. The van der Waals surface area contributed by atoms with E-state index in [-0.39, 0.29) is 0 Å². The van der Waals surface area contributed by atoms with Crippen LogP contribution in [0.4, 0.5) is 0 Å². The Morgan fingerprint density at radius 3 is 1.13 bits per heavy atom. The van der Waals surface area contributed by atoms with E-state index < -0.39 is 19.8 Å². The molecular formula is C13H31SSn+. The summed E-state index contributed by atoms with van der Waals surface area (Å²) in [7, 11) is 0. The van der Waals surface area contributed by atoms with Gasteiger partial charge in [0, 0.05) is 0 Å². The van der Waals surface area contributed by atoms with E-state index in [4.69, 9.17) is 0 Å². The minimum Gasteiger partial charge on any atom is -0.183 e. The zero-order valence-electron chi connectivity index (χ0n) is 11.3. The maximum atomic E-state index is 3.53. The molecule has 0 unspecified atom stereocenters. The molecule has 0 aromatic carbocycles. The Morgan fingerprint density at radius 1 is 0.667 bits per heavy atom. The third-order valence-corrected chi connectivity index (χ3v) is 11.7. The van der Waals surface area contributed by atoms with E-state index in [1.807, 2.05) is 0 Å². The number of hydrogen-bond donors (Lipinski definition) is 1. The fourth-order valence-corrected chi connectivity index (χ4v) is 11.1. The van der Waals surface area contributed by atoms with Crippen LogP contribution >= 0.6 is 12.6 Å². The smallest absolute Gasteiger partial charge is 0.0215 e. The van der Waals surface area contributed by atoms with Crippen molar-refractivity contribution in [2.75, 3.05) is 6.26 Å². The fraction of sp³-hybridized carbons (Fsp3) is 1.00. The summed E-state index contributed by atoms with van der Waals surface area (Å²) in [4.78, 5) is 0. The molecule has 0 nitrogen and oxygen atoms in total. The Morgan fingerprint density at radius 2 is 0.933 bits per heavy atom. The normalized spacial score (nSPS) is 9.40. The molecule has 15 heavy (non-hydrogen) atoms. The first-order valence-corrected chi connectivity index (χ1v) is 13.6. The van der Waals surface area contributed by atoms with E-state index in [9.17, 15) is 0 Å². The Balaban J connectivity index is 0. The summed E-state index contributed by atoms with van der Waals surface area (Å²) in [6.07, 6.45) is 10.5. The van der Waals surface area contributed by atoms with E-state index in [2.05, 4.69) is 33.4 Å². The van der Waals surface area contributed by atoms with Gasteiger partial charge < -0.3 is 0 Å². The summed E-state index contributed by atoms with van der Waals surface area (Å²) in [6.45, 7) is 7.00. The van der Waals surface area contributed by atoms with Gasteiger partial charge in [-0.15, -0.1) is 0 Å². The van der Waals surface area contributed by atoms with Crippen LogP contribution in [-0.4, -0.2) is 26.0 Å². The molecule has 0 amide bonds. The van der Waals surface area contributed by atoms with Crippen LogP contribution < -0.4 is 0 Å². The Kier molecular flexibility index (Phi) is 21.6. The third kappa shape index (κ3) is 15.1. The molecule has 0 aliphatic carbocycles. The van der Waals surface area contributed by atoms with Crippen LogP contribution in [0.5, 0.6) is 0 Å². The summed E-state index contributed by atoms with van der Waals surface area (Å²) >= 11 is 2.69. The van der Waals surface area contributed by atoms with Gasteiger partial charge in [0.1, 0.15) is 0 Å². The number of unbranched alkanes of at least 4 members (excludes halogenated alkanes) is 3. The van der Waals surface area contributed by atoms with Crippen LogP contribution in [0.15, 0.2) is 0 Å². The minimum absolute atomic E-state index is 0.839. The largest absolute Gasteiger partial charge is 0.183 e. The van der Waals surface area contributed by atoms with Crippen molar-refractivity contribution in [3.8, 4) is 0 Å². The third-order valence-electron chi connectivity index (χ3n) is 2.65. The van der Waals surface area contributed by atoms with Gasteiger partial charge in [-0.05, 0) is 6.26 Å². The Bertz CT molecular complexity index is 77.5. The second-order valence-electron chi connectivity index (χ2n) is 4.06. The molecule has 0 N–H and O–H groups in total. The van der Waals surface area contributed by atoms with Gasteiger partial charge in [0.2, 0.25) is 0 Å². The van der Waals surface area contributed by atoms with E-state index >= 15 is 0 Å². The molecule has 92 valence electrons. The second kappa shape index (κ2) is 17.5. The van der Waals surface area contributed by atoms with Crippen LogP contribution in [0.25, 0.3) is 0 Å².